The van der Waals surface area contributed by atoms with Crippen LogP contribution < -0.4 is 5.32 Å². The third-order valence-corrected chi connectivity index (χ3v) is 5.16. The van der Waals surface area contributed by atoms with Crippen molar-refractivity contribution in [2.24, 2.45) is 0 Å². The molecule has 3 aromatic rings. The lowest BCUT2D eigenvalue weighted by Crippen LogP contribution is -2.19. The fourth-order valence-corrected chi connectivity index (χ4v) is 3.80. The molecule has 0 spiro atoms. The van der Waals surface area contributed by atoms with E-state index in [1.54, 1.807) is 17.4 Å². The summed E-state index contributed by atoms with van der Waals surface area (Å²) >= 11 is 1.60. The number of rotatable bonds is 3. The number of anilines is 1. The third-order valence-electron chi connectivity index (χ3n) is 4.39. The maximum Gasteiger partial charge on any atom is 0.232 e. The van der Waals surface area contributed by atoms with Crippen molar-refractivity contribution in [2.75, 3.05) is 5.32 Å². The molecule has 5 heteroatoms. The third kappa shape index (κ3) is 2.98. The molecule has 1 heterocycles. The van der Waals surface area contributed by atoms with Gasteiger partial charge in [-0.3, -0.25) is 9.59 Å². The van der Waals surface area contributed by atoms with Gasteiger partial charge in [0.25, 0.3) is 0 Å². The number of Topliss-reactive ketones (excluding diaryl/α,β-unsaturated/α-hetero) is 1. The molecular weight excluding hydrogens is 332 g/mol. The SMILES string of the molecule is Cc1nc(-c2cccc(NC(=O)C3CC(=O)c4ccccc43)c2)cs1. The van der Waals surface area contributed by atoms with E-state index in [2.05, 4.69) is 10.3 Å². The number of amides is 1. The molecule has 1 aliphatic rings. The van der Waals surface area contributed by atoms with Crippen LogP contribution in [0.4, 0.5) is 5.69 Å². The van der Waals surface area contributed by atoms with Gasteiger partial charge < -0.3 is 5.32 Å². The Balaban J connectivity index is 1.57. The minimum atomic E-state index is -0.422. The second-order valence-electron chi connectivity index (χ2n) is 6.09. The Morgan fingerprint density at radius 2 is 2.04 bits per heavy atom. The largest absolute Gasteiger partial charge is 0.326 e. The summed E-state index contributed by atoms with van der Waals surface area (Å²) in [5, 5.41) is 5.95. The molecule has 0 radical (unpaired) electrons. The highest BCUT2D eigenvalue weighted by atomic mass is 32.1. The number of aryl methyl sites for hydroxylation is 1. The number of hydrogen-bond donors (Lipinski definition) is 1. The molecule has 4 rings (SSSR count). The van der Waals surface area contributed by atoms with E-state index >= 15 is 0 Å². The van der Waals surface area contributed by atoms with E-state index in [0.29, 0.717) is 11.3 Å². The fraction of sp³-hybridized carbons (Fsp3) is 0.150. The first kappa shape index (κ1) is 15.7. The Hall–Kier alpha value is -2.79. The second-order valence-corrected chi connectivity index (χ2v) is 7.15. The minimum absolute atomic E-state index is 0.0300. The van der Waals surface area contributed by atoms with Gasteiger partial charge in [-0.1, -0.05) is 36.4 Å². The Morgan fingerprint density at radius 3 is 2.84 bits per heavy atom. The summed E-state index contributed by atoms with van der Waals surface area (Å²) in [7, 11) is 0. The van der Waals surface area contributed by atoms with Gasteiger partial charge in [-0.15, -0.1) is 11.3 Å². The average Bonchev–Trinajstić information content (AvgIpc) is 3.20. The molecule has 0 saturated carbocycles. The highest BCUT2D eigenvalue weighted by Crippen LogP contribution is 2.34. The number of benzene rings is 2. The van der Waals surface area contributed by atoms with E-state index in [-0.39, 0.29) is 18.1 Å². The van der Waals surface area contributed by atoms with Gasteiger partial charge in [0.1, 0.15) is 0 Å². The summed E-state index contributed by atoms with van der Waals surface area (Å²) in [4.78, 5) is 29.3. The van der Waals surface area contributed by atoms with Crippen LogP contribution in [0, 0.1) is 6.92 Å². The zero-order chi connectivity index (χ0) is 17.4. The molecule has 0 bridgehead atoms. The van der Waals surface area contributed by atoms with E-state index in [1.165, 1.54) is 0 Å². The lowest BCUT2D eigenvalue weighted by atomic mass is 10.0. The number of fused-ring (bicyclic) bond motifs is 1. The highest BCUT2D eigenvalue weighted by molar-refractivity contribution is 7.09. The quantitative estimate of drug-likeness (QED) is 0.762. The predicted molar refractivity (Wildman–Crippen MR) is 99.0 cm³/mol. The molecule has 1 aliphatic carbocycles. The van der Waals surface area contributed by atoms with E-state index in [1.807, 2.05) is 54.8 Å². The molecule has 1 atom stereocenters. The number of aromatic nitrogens is 1. The maximum absolute atomic E-state index is 12.7. The van der Waals surface area contributed by atoms with Crippen LogP contribution >= 0.6 is 11.3 Å². The minimum Gasteiger partial charge on any atom is -0.326 e. The summed E-state index contributed by atoms with van der Waals surface area (Å²) in [6.07, 6.45) is 0.232. The van der Waals surface area contributed by atoms with Crippen LogP contribution in [0.25, 0.3) is 11.3 Å². The second kappa shape index (κ2) is 6.26. The maximum atomic E-state index is 12.7. The van der Waals surface area contributed by atoms with Crippen LogP contribution in [0.2, 0.25) is 0 Å². The number of carbonyl (C=O) groups excluding carboxylic acids is 2. The van der Waals surface area contributed by atoms with Gasteiger partial charge in [0.15, 0.2) is 5.78 Å². The van der Waals surface area contributed by atoms with Gasteiger partial charge >= 0.3 is 0 Å². The lowest BCUT2D eigenvalue weighted by Gasteiger charge is -2.12. The van der Waals surface area contributed by atoms with Gasteiger partial charge in [-0.05, 0) is 24.6 Å². The monoisotopic (exact) mass is 348 g/mol. The molecular formula is C20H16N2O2S. The molecule has 1 N–H and O–H groups in total. The van der Waals surface area contributed by atoms with Crippen LogP contribution in [-0.2, 0) is 4.79 Å². The summed E-state index contributed by atoms with van der Waals surface area (Å²) in [6.45, 7) is 1.97. The molecule has 2 aromatic carbocycles. The van der Waals surface area contributed by atoms with E-state index in [0.717, 1.165) is 21.8 Å². The molecule has 1 aromatic heterocycles. The topological polar surface area (TPSA) is 59.1 Å². The van der Waals surface area contributed by atoms with Gasteiger partial charge in [0.2, 0.25) is 5.91 Å². The van der Waals surface area contributed by atoms with Crippen molar-refractivity contribution in [2.45, 2.75) is 19.3 Å². The van der Waals surface area contributed by atoms with Crippen molar-refractivity contribution in [3.05, 3.63) is 70.0 Å². The predicted octanol–water partition coefficient (Wildman–Crippen LogP) is 4.43. The van der Waals surface area contributed by atoms with E-state index in [9.17, 15) is 9.59 Å². The first-order valence-electron chi connectivity index (χ1n) is 8.07. The summed E-state index contributed by atoms with van der Waals surface area (Å²) in [6, 6.07) is 15.0. The Bertz CT molecular complexity index is 977. The first-order valence-corrected chi connectivity index (χ1v) is 8.95. The van der Waals surface area contributed by atoms with Crippen molar-refractivity contribution in [3.63, 3.8) is 0 Å². The number of nitrogens with zero attached hydrogens (tertiary/aromatic N) is 1. The normalized spacial score (nSPS) is 15.9. The van der Waals surface area contributed by atoms with Gasteiger partial charge in [-0.2, -0.15) is 0 Å². The van der Waals surface area contributed by atoms with Crippen molar-refractivity contribution in [1.82, 2.24) is 4.98 Å². The van der Waals surface area contributed by atoms with Gasteiger partial charge in [0, 0.05) is 28.6 Å². The molecule has 1 unspecified atom stereocenters. The van der Waals surface area contributed by atoms with Gasteiger partial charge in [0.05, 0.1) is 16.6 Å². The lowest BCUT2D eigenvalue weighted by molar-refractivity contribution is -0.117. The van der Waals surface area contributed by atoms with Crippen LogP contribution in [0.5, 0.6) is 0 Å². The van der Waals surface area contributed by atoms with Crippen LogP contribution in [0.15, 0.2) is 53.9 Å². The number of thiazole rings is 1. The van der Waals surface area contributed by atoms with Crippen LogP contribution in [0.1, 0.15) is 33.3 Å². The summed E-state index contributed by atoms with van der Waals surface area (Å²) in [5.74, 6) is -0.541. The summed E-state index contributed by atoms with van der Waals surface area (Å²) in [5.41, 5.74) is 4.06. The number of nitrogens with one attached hydrogen (secondary N) is 1. The molecule has 25 heavy (non-hydrogen) atoms. The number of ketones is 1. The number of carbonyl (C=O) groups is 2. The van der Waals surface area contributed by atoms with E-state index in [4.69, 9.17) is 0 Å². The smallest absolute Gasteiger partial charge is 0.232 e. The van der Waals surface area contributed by atoms with Gasteiger partial charge in [-0.25, -0.2) is 4.98 Å². The van der Waals surface area contributed by atoms with Crippen molar-refractivity contribution >= 4 is 28.7 Å². The molecule has 0 saturated heterocycles. The zero-order valence-electron chi connectivity index (χ0n) is 13.7. The fourth-order valence-electron chi connectivity index (χ4n) is 3.18. The van der Waals surface area contributed by atoms with Crippen molar-refractivity contribution in [3.8, 4) is 11.3 Å². The number of hydrogen-bond acceptors (Lipinski definition) is 4. The first-order chi connectivity index (χ1) is 12.1. The standard InChI is InChI=1S/C20H16N2O2S/c1-12-21-18(11-25-12)13-5-4-6-14(9-13)22-20(24)17-10-19(23)16-8-3-2-7-15(16)17/h2-9,11,17H,10H2,1H3,(H,22,24). The van der Waals surface area contributed by atoms with Crippen molar-refractivity contribution < 1.29 is 9.59 Å². The zero-order valence-corrected chi connectivity index (χ0v) is 14.5. The van der Waals surface area contributed by atoms with Crippen molar-refractivity contribution in [1.29, 1.82) is 0 Å². The Morgan fingerprint density at radius 1 is 1.20 bits per heavy atom. The molecule has 4 nitrogen and oxygen atoms in total. The van der Waals surface area contributed by atoms with Crippen LogP contribution in [-0.4, -0.2) is 16.7 Å². The average molecular weight is 348 g/mol. The van der Waals surface area contributed by atoms with Crippen LogP contribution in [0.3, 0.4) is 0 Å². The molecule has 0 aliphatic heterocycles. The van der Waals surface area contributed by atoms with E-state index < -0.39 is 5.92 Å². The summed E-state index contributed by atoms with van der Waals surface area (Å²) < 4.78 is 0. The Labute approximate surface area is 149 Å². The highest BCUT2D eigenvalue weighted by Gasteiger charge is 2.33. The Kier molecular flexibility index (Phi) is 3.93. The molecule has 124 valence electrons. The molecule has 1 amide bonds. The molecule has 0 fully saturated rings.